The maximum atomic E-state index is 9.32. The van der Waals surface area contributed by atoms with Crippen LogP contribution in [0.1, 0.15) is 13.8 Å². The van der Waals surface area contributed by atoms with Gasteiger partial charge in [-0.05, 0) is 19.4 Å². The minimum atomic E-state index is -1.35. The molecule has 0 amide bonds. The van der Waals surface area contributed by atoms with Gasteiger partial charge < -0.3 is 24.4 Å². The Kier molecular flexibility index (Phi) is 3.03. The second-order valence-corrected chi connectivity index (χ2v) is 4.62. The van der Waals surface area contributed by atoms with Crippen molar-refractivity contribution in [3.8, 4) is 0 Å². The van der Waals surface area contributed by atoms with Gasteiger partial charge in [0.05, 0.1) is 13.2 Å². The zero-order valence-electron chi connectivity index (χ0n) is 9.61. The Morgan fingerprint density at radius 1 is 1.24 bits per heavy atom. The highest BCUT2D eigenvalue weighted by Gasteiger charge is 2.61. The number of hydrogen-bond acceptors (Lipinski definition) is 6. The van der Waals surface area contributed by atoms with E-state index in [-0.39, 0.29) is 0 Å². The van der Waals surface area contributed by atoms with Crippen LogP contribution in [0.4, 0.5) is 0 Å². The highest BCUT2D eigenvalue weighted by atomic mass is 16.8. The number of ether oxygens (including phenoxy) is 3. The van der Waals surface area contributed by atoms with Crippen molar-refractivity contribution < 1.29 is 24.4 Å². The summed E-state index contributed by atoms with van der Waals surface area (Å²) in [6.45, 7) is 2.46. The van der Waals surface area contributed by atoms with Gasteiger partial charge in [0.2, 0.25) is 0 Å². The number of fused-ring (bicyclic) bond motifs is 1. The summed E-state index contributed by atoms with van der Waals surface area (Å²) in [6.07, 6.45) is -1.38. The van der Waals surface area contributed by atoms with Crippen molar-refractivity contribution in [3.05, 3.63) is 10.4 Å². The molecule has 0 radical (unpaired) electrons. The summed E-state index contributed by atoms with van der Waals surface area (Å²) in [7, 11) is 0. The first-order valence-corrected chi connectivity index (χ1v) is 5.27. The van der Waals surface area contributed by atoms with Crippen LogP contribution in [0.15, 0.2) is 5.11 Å². The minimum Gasteiger partial charge on any atom is -0.393 e. The molecule has 2 heterocycles. The highest BCUT2D eigenvalue weighted by Crippen LogP contribution is 2.43. The summed E-state index contributed by atoms with van der Waals surface area (Å²) >= 11 is 0. The smallest absolute Gasteiger partial charge is 0.188 e. The van der Waals surface area contributed by atoms with E-state index >= 15 is 0 Å². The van der Waals surface area contributed by atoms with E-state index in [4.69, 9.17) is 19.7 Å². The van der Waals surface area contributed by atoms with E-state index in [0.29, 0.717) is 0 Å². The van der Waals surface area contributed by atoms with Gasteiger partial charge in [-0.1, -0.05) is 5.11 Å². The van der Waals surface area contributed by atoms with Gasteiger partial charge in [0, 0.05) is 4.91 Å². The number of azide groups is 1. The van der Waals surface area contributed by atoms with Crippen LogP contribution < -0.4 is 0 Å². The van der Waals surface area contributed by atoms with Crippen LogP contribution in [0.3, 0.4) is 0 Å². The molecule has 0 aromatic carbocycles. The second kappa shape index (κ2) is 4.09. The summed E-state index contributed by atoms with van der Waals surface area (Å²) in [5.41, 5.74) is 7.19. The van der Waals surface area contributed by atoms with Crippen molar-refractivity contribution in [2.45, 2.75) is 43.7 Å². The number of aliphatic hydroxyl groups excluding tert-OH is 2. The van der Waals surface area contributed by atoms with Crippen molar-refractivity contribution >= 4 is 0 Å². The predicted molar refractivity (Wildman–Crippen MR) is 54.7 cm³/mol. The van der Waals surface area contributed by atoms with Crippen LogP contribution in [0, 0.1) is 0 Å². The molecule has 2 fully saturated rings. The summed E-state index contributed by atoms with van der Waals surface area (Å²) in [4.78, 5) is 2.70. The topological polar surface area (TPSA) is 117 Å². The fraction of sp³-hybridized carbons (Fsp3) is 1.00. The largest absolute Gasteiger partial charge is 0.393 e. The van der Waals surface area contributed by atoms with Crippen LogP contribution >= 0.6 is 0 Å². The van der Waals surface area contributed by atoms with E-state index in [1.54, 1.807) is 13.8 Å². The average Bonchev–Trinajstić information content (AvgIpc) is 2.71. The van der Waals surface area contributed by atoms with Gasteiger partial charge in [-0.25, -0.2) is 0 Å². The van der Waals surface area contributed by atoms with Crippen molar-refractivity contribution in [1.29, 1.82) is 0 Å². The third-order valence-electron chi connectivity index (χ3n) is 3.00. The Balaban J connectivity index is 2.30. The maximum Gasteiger partial charge on any atom is 0.188 e. The fourth-order valence-corrected chi connectivity index (χ4v) is 2.20. The molecule has 0 bridgehead atoms. The first kappa shape index (κ1) is 12.6. The lowest BCUT2D eigenvalue weighted by molar-refractivity contribution is -0.239. The Morgan fingerprint density at radius 3 is 2.41 bits per heavy atom. The lowest BCUT2D eigenvalue weighted by atomic mass is 9.95. The molecule has 2 aliphatic rings. The van der Waals surface area contributed by atoms with Gasteiger partial charge >= 0.3 is 0 Å². The van der Waals surface area contributed by atoms with Crippen LogP contribution in [0.25, 0.3) is 10.4 Å². The Morgan fingerprint density at radius 2 is 1.88 bits per heavy atom. The van der Waals surface area contributed by atoms with Crippen LogP contribution in [-0.2, 0) is 14.2 Å². The zero-order chi connectivity index (χ0) is 12.7. The molecule has 8 heteroatoms. The van der Waals surface area contributed by atoms with Crippen molar-refractivity contribution in [2.24, 2.45) is 5.11 Å². The SMILES string of the molecule is CC1(C)OC2[C@@H](O1)OC(CO)(CO)[C@@H]2N=[N+]=[N-]. The van der Waals surface area contributed by atoms with Crippen molar-refractivity contribution in [1.82, 2.24) is 0 Å². The fourth-order valence-electron chi connectivity index (χ4n) is 2.20. The lowest BCUT2D eigenvalue weighted by Crippen LogP contribution is -2.49. The van der Waals surface area contributed by atoms with Gasteiger partial charge in [0.15, 0.2) is 12.1 Å². The molecule has 17 heavy (non-hydrogen) atoms. The Bertz CT molecular complexity index is 351. The molecule has 0 saturated carbocycles. The average molecular weight is 245 g/mol. The predicted octanol–water partition coefficient (Wildman–Crippen LogP) is -0.104. The molecule has 2 saturated heterocycles. The summed E-state index contributed by atoms with van der Waals surface area (Å²) in [6, 6.07) is -0.825. The Hall–Kier alpha value is -0.890. The van der Waals surface area contributed by atoms with E-state index in [1.807, 2.05) is 0 Å². The number of aliphatic hydroxyl groups is 2. The van der Waals surface area contributed by atoms with Gasteiger partial charge in [-0.3, -0.25) is 0 Å². The highest BCUT2D eigenvalue weighted by molar-refractivity contribution is 5.07. The molecule has 2 N–H and O–H groups in total. The molecular weight excluding hydrogens is 230 g/mol. The molecule has 2 rings (SSSR count). The summed E-state index contributed by atoms with van der Waals surface area (Å²) in [5.74, 6) is -0.838. The molecule has 8 nitrogen and oxygen atoms in total. The summed E-state index contributed by atoms with van der Waals surface area (Å²) in [5, 5.41) is 22.2. The lowest BCUT2D eigenvalue weighted by Gasteiger charge is -2.31. The number of hydrogen-bond donors (Lipinski definition) is 2. The normalized spacial score (nSPS) is 37.5. The van der Waals surface area contributed by atoms with Gasteiger partial charge in [-0.15, -0.1) is 0 Å². The van der Waals surface area contributed by atoms with Crippen LogP contribution in [-0.4, -0.2) is 53.3 Å². The van der Waals surface area contributed by atoms with E-state index in [1.165, 1.54) is 0 Å². The van der Waals surface area contributed by atoms with Crippen LogP contribution in [0.2, 0.25) is 0 Å². The van der Waals surface area contributed by atoms with E-state index in [2.05, 4.69) is 10.0 Å². The summed E-state index contributed by atoms with van der Waals surface area (Å²) < 4.78 is 16.5. The molecule has 3 atom stereocenters. The van der Waals surface area contributed by atoms with Crippen LogP contribution in [0.5, 0.6) is 0 Å². The second-order valence-electron chi connectivity index (χ2n) is 4.62. The number of nitrogens with zero attached hydrogens (tertiary/aromatic N) is 3. The van der Waals surface area contributed by atoms with Gasteiger partial charge in [0.1, 0.15) is 17.7 Å². The standard InChI is InChI=1S/C9H15N3O5/c1-8(2)15-5-6(11-12-10)9(3-13,4-14)17-7(5)16-8/h5-7,13-14H,3-4H2,1-2H3/t5?,6-,7+/m1/s1. The molecule has 0 aromatic rings. The van der Waals surface area contributed by atoms with Crippen molar-refractivity contribution in [2.75, 3.05) is 13.2 Å². The van der Waals surface area contributed by atoms with Gasteiger partial charge in [0.25, 0.3) is 0 Å². The number of rotatable bonds is 3. The molecule has 2 aliphatic heterocycles. The third-order valence-corrected chi connectivity index (χ3v) is 3.00. The quantitative estimate of drug-likeness (QED) is 0.409. The minimum absolute atomic E-state index is 0.479. The van der Waals surface area contributed by atoms with Crippen molar-refractivity contribution in [3.63, 3.8) is 0 Å². The molecule has 0 aromatic heterocycles. The van der Waals surface area contributed by atoms with E-state index < -0.39 is 43.0 Å². The van der Waals surface area contributed by atoms with E-state index in [9.17, 15) is 10.2 Å². The molecular formula is C9H15N3O5. The molecule has 1 unspecified atom stereocenters. The first-order valence-electron chi connectivity index (χ1n) is 5.27. The first-order chi connectivity index (χ1) is 7.98. The molecule has 0 spiro atoms. The molecule has 0 aliphatic carbocycles. The van der Waals surface area contributed by atoms with E-state index in [0.717, 1.165) is 0 Å². The molecule has 96 valence electrons. The zero-order valence-corrected chi connectivity index (χ0v) is 9.61. The third kappa shape index (κ3) is 1.89. The Labute approximate surface area is 97.7 Å². The van der Waals surface area contributed by atoms with Gasteiger partial charge in [-0.2, -0.15) is 0 Å². The maximum absolute atomic E-state index is 9.32. The monoisotopic (exact) mass is 245 g/mol.